The number of carbonyl (C=O) groups is 2. The molecule has 0 aliphatic carbocycles. The maximum atomic E-state index is 13.9. The van der Waals surface area contributed by atoms with Crippen molar-refractivity contribution in [3.05, 3.63) is 28.5 Å². The maximum absolute atomic E-state index is 13.9. The van der Waals surface area contributed by atoms with E-state index in [2.05, 4.69) is 9.97 Å². The van der Waals surface area contributed by atoms with Crippen LogP contribution in [0.3, 0.4) is 0 Å². The van der Waals surface area contributed by atoms with Crippen molar-refractivity contribution in [3.8, 4) is 10.4 Å². The molecule has 35 heavy (non-hydrogen) atoms. The van der Waals surface area contributed by atoms with Crippen molar-refractivity contribution < 1.29 is 36.3 Å². The Hall–Kier alpha value is -2.83. The molecule has 0 aromatic carbocycles. The number of pyridine rings is 1. The molecule has 1 aliphatic rings. The number of thiazole rings is 1. The third-order valence-electron chi connectivity index (χ3n) is 4.98. The molecule has 13 heteroatoms. The van der Waals surface area contributed by atoms with Gasteiger partial charge in [-0.3, -0.25) is 4.79 Å². The molecule has 1 amide bonds. The first-order chi connectivity index (χ1) is 16.5. The fourth-order valence-electron chi connectivity index (χ4n) is 3.43. The average molecular weight is 523 g/mol. The number of ether oxygens (including phenoxy) is 1. The number of carbonyl (C=O) groups excluding carboxylic acids is 2. The quantitative estimate of drug-likeness (QED) is 0.358. The summed E-state index contributed by atoms with van der Waals surface area (Å²) in [5, 5.41) is 1.76. The molecule has 1 atom stereocenters. The van der Waals surface area contributed by atoms with E-state index in [0.29, 0.717) is 17.9 Å². The van der Waals surface area contributed by atoms with Crippen LogP contribution in [0.1, 0.15) is 72.8 Å². The molecule has 1 fully saturated rings. The lowest BCUT2D eigenvalue weighted by Crippen LogP contribution is -2.34. The van der Waals surface area contributed by atoms with Crippen molar-refractivity contribution in [2.24, 2.45) is 0 Å². The van der Waals surface area contributed by atoms with Crippen molar-refractivity contribution in [1.29, 1.82) is 0 Å². The molecule has 194 valence electrons. The van der Waals surface area contributed by atoms with Crippen LogP contribution in [0.4, 0.5) is 27.8 Å². The van der Waals surface area contributed by atoms with E-state index in [-0.39, 0.29) is 33.8 Å². The Balaban J connectivity index is 0.00000210. The number of anilines is 1. The largest absolute Gasteiger partial charge is 0.461 e. The van der Waals surface area contributed by atoms with E-state index < -0.39 is 42.4 Å². The van der Waals surface area contributed by atoms with Gasteiger partial charge in [0.1, 0.15) is 18.1 Å². The Bertz CT molecular complexity index is 1030. The van der Waals surface area contributed by atoms with Crippen LogP contribution in [0.2, 0.25) is 0 Å². The molecule has 0 radical (unpaired) electrons. The second kappa shape index (κ2) is 12.2. The minimum Gasteiger partial charge on any atom is -0.461 e. The number of nitrogens with one attached hydrogen (secondary N) is 1. The zero-order chi connectivity index (χ0) is 26.3. The summed E-state index contributed by atoms with van der Waals surface area (Å²) >= 11 is 0.697. The highest BCUT2D eigenvalue weighted by atomic mass is 32.1. The molecule has 7 nitrogen and oxygen atoms in total. The van der Waals surface area contributed by atoms with Gasteiger partial charge in [-0.1, -0.05) is 13.8 Å². The summed E-state index contributed by atoms with van der Waals surface area (Å²) in [6.45, 7) is 6.47. The number of nitrogens with zero attached hydrogens (tertiary/aromatic N) is 3. The Labute approximate surface area is 203 Å². The third kappa shape index (κ3) is 7.09. The number of hydrogen-bond donors (Lipinski definition) is 1. The lowest BCUT2D eigenvalue weighted by atomic mass is 10.1. The number of likely N-dealkylation sites (tertiary alicyclic amines) is 1. The van der Waals surface area contributed by atoms with Crippen LogP contribution < -0.4 is 5.32 Å². The molecule has 1 N–H and O–H groups in total. The van der Waals surface area contributed by atoms with Crippen LogP contribution in [0.25, 0.3) is 10.4 Å². The van der Waals surface area contributed by atoms with E-state index in [9.17, 15) is 31.5 Å². The summed E-state index contributed by atoms with van der Waals surface area (Å²) in [5.74, 6) is -1.74. The van der Waals surface area contributed by atoms with Gasteiger partial charge in [0, 0.05) is 29.9 Å². The van der Waals surface area contributed by atoms with Gasteiger partial charge in [0.05, 0.1) is 11.5 Å². The monoisotopic (exact) mass is 522 g/mol. The Morgan fingerprint density at radius 1 is 1.31 bits per heavy atom. The van der Waals surface area contributed by atoms with E-state index in [0.717, 1.165) is 25.1 Å². The van der Waals surface area contributed by atoms with Crippen LogP contribution in [0, 0.1) is 0 Å². The van der Waals surface area contributed by atoms with E-state index in [4.69, 9.17) is 4.74 Å². The normalized spacial score (nSPS) is 15.6. The predicted octanol–water partition coefficient (Wildman–Crippen LogP) is 5.94. The highest BCUT2D eigenvalue weighted by Crippen LogP contribution is 2.39. The lowest BCUT2D eigenvalue weighted by molar-refractivity contribution is -0.115. The lowest BCUT2D eigenvalue weighted by Gasteiger charge is -2.21. The van der Waals surface area contributed by atoms with Crippen molar-refractivity contribution in [3.63, 3.8) is 0 Å². The highest BCUT2D eigenvalue weighted by molar-refractivity contribution is 7.17. The number of hydrogen-bond acceptors (Lipinski definition) is 7. The highest BCUT2D eigenvalue weighted by Gasteiger charge is 2.33. The van der Waals surface area contributed by atoms with Crippen molar-refractivity contribution >= 4 is 29.0 Å². The summed E-state index contributed by atoms with van der Waals surface area (Å²) in [6, 6.07) is 0.696. The fourth-order valence-corrected chi connectivity index (χ4v) is 4.41. The summed E-state index contributed by atoms with van der Waals surface area (Å²) in [5.41, 5.74) is -1.03. The van der Waals surface area contributed by atoms with E-state index in [1.165, 1.54) is 0 Å². The maximum Gasteiger partial charge on any atom is 0.405 e. The summed E-state index contributed by atoms with van der Waals surface area (Å²) in [6.07, 6.45) is -5.17. The van der Waals surface area contributed by atoms with Gasteiger partial charge in [0.15, 0.2) is 0 Å². The number of amides is 1. The van der Waals surface area contributed by atoms with E-state index >= 15 is 0 Å². The first-order valence-corrected chi connectivity index (χ1v) is 11.9. The first-order valence-electron chi connectivity index (χ1n) is 11.1. The van der Waals surface area contributed by atoms with Crippen LogP contribution in [0.15, 0.2) is 12.3 Å². The molecule has 1 aliphatic heterocycles. The molecule has 1 saturated heterocycles. The average Bonchev–Trinajstić information content (AvgIpc) is 3.45. The van der Waals surface area contributed by atoms with Gasteiger partial charge in [-0.25, -0.2) is 23.5 Å². The molecular formula is C22H27F5N4O3S. The molecule has 2 aromatic heterocycles. The Morgan fingerprint density at radius 3 is 2.54 bits per heavy atom. The van der Waals surface area contributed by atoms with Crippen LogP contribution in [0.5, 0.6) is 0 Å². The fraction of sp³-hybridized carbons (Fsp3) is 0.545. The molecule has 3 rings (SSSR count). The smallest absolute Gasteiger partial charge is 0.405 e. The molecule has 3 heterocycles. The second-order valence-corrected chi connectivity index (χ2v) is 8.33. The Kier molecular flexibility index (Phi) is 9.92. The van der Waals surface area contributed by atoms with Gasteiger partial charge < -0.3 is 15.0 Å². The van der Waals surface area contributed by atoms with Crippen LogP contribution in [-0.2, 0) is 4.74 Å². The molecule has 1 unspecified atom stereocenters. The topological polar surface area (TPSA) is 84.4 Å². The predicted molar refractivity (Wildman–Crippen MR) is 122 cm³/mol. The zero-order valence-electron chi connectivity index (χ0n) is 19.7. The number of aromatic nitrogens is 2. The number of esters is 1. The third-order valence-corrected chi connectivity index (χ3v) is 6.05. The minimum absolute atomic E-state index is 0.0210. The Morgan fingerprint density at radius 2 is 2.00 bits per heavy atom. The molecule has 0 saturated carbocycles. The SMILES string of the molecule is CC.CCOC(=O)c1nc(C(=O)N2CCCC2C)c(-c2cnc(NCC(F)(F)F)cc2C(F)F)s1. The minimum atomic E-state index is -4.57. The summed E-state index contributed by atoms with van der Waals surface area (Å²) in [4.78, 5) is 34.8. The second-order valence-electron chi connectivity index (χ2n) is 7.33. The molecular weight excluding hydrogens is 495 g/mol. The van der Waals surface area contributed by atoms with Gasteiger partial charge >= 0.3 is 12.1 Å². The standard InChI is InChI=1S/C20H21F5N4O3S.C2H6/c1-3-32-19(31)17-28-14(18(30)29-6-4-5-10(29)2)15(33-17)12-8-26-13(7-11(12)16(21)22)27-9-20(23,24)25;1-2/h7-8,10,16H,3-6,9H2,1-2H3,(H,26,27);1-2H3. The van der Waals surface area contributed by atoms with Gasteiger partial charge in [-0.05, 0) is 32.8 Å². The van der Waals surface area contributed by atoms with E-state index in [1.54, 1.807) is 11.8 Å². The summed E-state index contributed by atoms with van der Waals surface area (Å²) in [7, 11) is 0. The number of alkyl halides is 5. The molecule has 2 aromatic rings. The van der Waals surface area contributed by atoms with E-state index in [1.807, 2.05) is 26.1 Å². The first kappa shape index (κ1) is 28.4. The van der Waals surface area contributed by atoms with Gasteiger partial charge in [-0.15, -0.1) is 11.3 Å². The van der Waals surface area contributed by atoms with Crippen molar-refractivity contribution in [1.82, 2.24) is 14.9 Å². The van der Waals surface area contributed by atoms with Gasteiger partial charge in [0.2, 0.25) is 5.01 Å². The van der Waals surface area contributed by atoms with Crippen molar-refractivity contribution in [2.45, 2.75) is 59.2 Å². The van der Waals surface area contributed by atoms with Crippen molar-refractivity contribution in [2.75, 3.05) is 25.0 Å². The van der Waals surface area contributed by atoms with Crippen LogP contribution >= 0.6 is 11.3 Å². The number of halogens is 5. The van der Waals surface area contributed by atoms with Crippen LogP contribution in [-0.4, -0.2) is 58.7 Å². The summed E-state index contributed by atoms with van der Waals surface area (Å²) < 4.78 is 70.1. The molecule has 0 bridgehead atoms. The van der Waals surface area contributed by atoms with Gasteiger partial charge in [0.25, 0.3) is 12.3 Å². The number of rotatable bonds is 7. The van der Waals surface area contributed by atoms with Gasteiger partial charge in [-0.2, -0.15) is 13.2 Å². The molecule has 0 spiro atoms. The zero-order valence-corrected chi connectivity index (χ0v) is 20.5.